The summed E-state index contributed by atoms with van der Waals surface area (Å²) in [5.74, 6) is 0.945. The molecule has 0 fully saturated rings. The monoisotopic (exact) mass is 575 g/mol. The Hall–Kier alpha value is -4.25. The fourth-order valence-corrected chi connectivity index (χ4v) is 4.02. The van der Waals surface area contributed by atoms with Crippen molar-refractivity contribution >= 4 is 11.6 Å². The Morgan fingerprint density at radius 2 is 1.55 bits per heavy atom. The van der Waals surface area contributed by atoms with E-state index in [4.69, 9.17) is 25.8 Å². The molecule has 0 aliphatic carbocycles. The van der Waals surface area contributed by atoms with Gasteiger partial charge in [0.25, 0.3) is 5.56 Å². The van der Waals surface area contributed by atoms with Crippen LogP contribution >= 0.6 is 11.6 Å². The van der Waals surface area contributed by atoms with Gasteiger partial charge in [0.15, 0.2) is 10.8 Å². The average molecular weight is 576 g/mol. The molecule has 0 amide bonds. The Kier molecular flexibility index (Phi) is 8.53. The molecule has 0 aliphatic rings. The van der Waals surface area contributed by atoms with E-state index in [1.807, 2.05) is 45.0 Å². The van der Waals surface area contributed by atoms with Crippen LogP contribution in [0.25, 0.3) is 5.69 Å². The number of nitrogens with zero attached hydrogens (tertiary/aromatic N) is 3. The van der Waals surface area contributed by atoms with Crippen molar-refractivity contribution in [2.24, 2.45) is 0 Å². The van der Waals surface area contributed by atoms with Crippen LogP contribution in [0, 0.1) is 20.8 Å². The molecule has 2 aromatic carbocycles. The van der Waals surface area contributed by atoms with Crippen molar-refractivity contribution in [3.8, 4) is 28.7 Å². The van der Waals surface area contributed by atoms with Crippen molar-refractivity contribution < 1.29 is 32.1 Å². The van der Waals surface area contributed by atoms with Crippen LogP contribution in [0.15, 0.2) is 59.5 Å². The van der Waals surface area contributed by atoms with Gasteiger partial charge < -0.3 is 18.9 Å². The van der Waals surface area contributed by atoms with Gasteiger partial charge in [-0.2, -0.15) is 9.78 Å². The van der Waals surface area contributed by atoms with E-state index in [1.54, 1.807) is 7.11 Å². The molecular weight excluding hydrogens is 551 g/mol. The largest absolute Gasteiger partial charge is 0.573 e. The van der Waals surface area contributed by atoms with Crippen LogP contribution in [-0.2, 0) is 13.2 Å². The highest BCUT2D eigenvalue weighted by molar-refractivity contribution is 6.31. The lowest BCUT2D eigenvalue weighted by Gasteiger charge is -2.19. The van der Waals surface area contributed by atoms with E-state index < -0.39 is 17.7 Å². The summed E-state index contributed by atoms with van der Waals surface area (Å²) in [4.78, 5) is 17.5. The third kappa shape index (κ3) is 6.66. The molecule has 0 aliphatic heterocycles. The van der Waals surface area contributed by atoms with Gasteiger partial charge in [-0.1, -0.05) is 23.7 Å². The van der Waals surface area contributed by atoms with Gasteiger partial charge in [-0.05, 0) is 62.7 Å². The van der Waals surface area contributed by atoms with Crippen molar-refractivity contribution in [3.05, 3.63) is 98.2 Å². The summed E-state index contributed by atoms with van der Waals surface area (Å²) in [7, 11) is 1.60. The van der Waals surface area contributed by atoms with Crippen molar-refractivity contribution in [1.29, 1.82) is 0 Å². The zero-order chi connectivity index (χ0) is 29.0. The van der Waals surface area contributed by atoms with Gasteiger partial charge in [0, 0.05) is 17.0 Å². The zero-order valence-corrected chi connectivity index (χ0v) is 22.8. The van der Waals surface area contributed by atoms with Gasteiger partial charge in [0.1, 0.15) is 30.5 Å². The van der Waals surface area contributed by atoms with Gasteiger partial charge in [0.05, 0.1) is 24.6 Å². The molecule has 2 aromatic heterocycles. The van der Waals surface area contributed by atoms with Crippen molar-refractivity contribution in [2.75, 3.05) is 7.11 Å². The number of methoxy groups -OCH3 is 1. The molecule has 0 saturated carbocycles. The van der Waals surface area contributed by atoms with Crippen LogP contribution < -0.4 is 24.5 Å². The number of alkyl halides is 3. The first-order valence-electron chi connectivity index (χ1n) is 12.0. The number of halogens is 4. The second-order valence-electron chi connectivity index (χ2n) is 8.72. The molecule has 0 N–H and O–H groups in total. The Labute approximate surface area is 232 Å². The number of benzene rings is 2. The zero-order valence-electron chi connectivity index (χ0n) is 22.0. The molecule has 0 saturated heterocycles. The Morgan fingerprint density at radius 1 is 0.900 bits per heavy atom. The maximum Gasteiger partial charge on any atom is 0.573 e. The van der Waals surface area contributed by atoms with Crippen LogP contribution in [0.1, 0.15) is 28.1 Å². The number of aryl methyl sites for hydroxylation is 2. The maximum absolute atomic E-state index is 12.9. The quantitative estimate of drug-likeness (QED) is 0.232. The Morgan fingerprint density at radius 3 is 2.17 bits per heavy atom. The molecule has 0 bridgehead atoms. The van der Waals surface area contributed by atoms with Crippen LogP contribution in [-0.4, -0.2) is 28.2 Å². The molecule has 0 atom stereocenters. The normalized spacial score (nSPS) is 11.3. The minimum atomic E-state index is -4.83. The highest BCUT2D eigenvalue weighted by Crippen LogP contribution is 2.31. The van der Waals surface area contributed by atoms with Gasteiger partial charge in [0.2, 0.25) is 0 Å². The summed E-state index contributed by atoms with van der Waals surface area (Å²) in [5, 5.41) is 3.82. The molecular formula is C28H25ClF3N3O5. The topological polar surface area (TPSA) is 84.7 Å². The summed E-state index contributed by atoms with van der Waals surface area (Å²) in [5.41, 5.74) is 3.43. The fraction of sp³-hybridized carbons (Fsp3) is 0.250. The van der Waals surface area contributed by atoms with Crippen LogP contribution in [0.4, 0.5) is 13.2 Å². The van der Waals surface area contributed by atoms with Crippen LogP contribution in [0.2, 0.25) is 5.02 Å². The third-order valence-corrected chi connectivity index (χ3v) is 6.39. The van der Waals surface area contributed by atoms with Crippen molar-refractivity contribution in [2.45, 2.75) is 40.3 Å². The number of hydrogen-bond donors (Lipinski definition) is 0. The van der Waals surface area contributed by atoms with Crippen LogP contribution in [0.3, 0.4) is 0 Å². The molecule has 2 heterocycles. The lowest BCUT2D eigenvalue weighted by atomic mass is 10.1. The number of hydrogen-bond acceptors (Lipinski definition) is 7. The molecule has 40 heavy (non-hydrogen) atoms. The van der Waals surface area contributed by atoms with E-state index in [2.05, 4.69) is 14.8 Å². The molecule has 8 nitrogen and oxygen atoms in total. The Bertz CT molecular complexity index is 1560. The predicted octanol–water partition coefficient (Wildman–Crippen LogP) is 6.27. The number of pyridine rings is 1. The summed E-state index contributed by atoms with van der Waals surface area (Å²) < 4.78 is 59.3. The molecule has 4 rings (SSSR count). The van der Waals surface area contributed by atoms with Gasteiger partial charge in [-0.3, -0.25) is 9.78 Å². The maximum atomic E-state index is 12.9. The van der Waals surface area contributed by atoms with Gasteiger partial charge in [-0.15, -0.1) is 13.2 Å². The molecule has 0 spiro atoms. The number of rotatable bonds is 9. The highest BCUT2D eigenvalue weighted by atomic mass is 35.5. The van der Waals surface area contributed by atoms with E-state index in [0.29, 0.717) is 23.6 Å². The van der Waals surface area contributed by atoms with Gasteiger partial charge >= 0.3 is 6.36 Å². The van der Waals surface area contributed by atoms with E-state index in [1.165, 1.54) is 18.3 Å². The SMILES string of the molecule is COc1ccc(COc2c(C)c(C)nc(C)c2COc2cnn(-c3ccc(OC(F)(F)F)cc3)c(=O)c2Cl)cc1. The summed E-state index contributed by atoms with van der Waals surface area (Å²) >= 11 is 6.31. The predicted molar refractivity (Wildman–Crippen MR) is 142 cm³/mol. The molecule has 210 valence electrons. The second kappa shape index (κ2) is 11.9. The smallest absolute Gasteiger partial charge is 0.497 e. The third-order valence-electron chi connectivity index (χ3n) is 6.05. The average Bonchev–Trinajstić information content (AvgIpc) is 2.91. The van der Waals surface area contributed by atoms with E-state index >= 15 is 0 Å². The summed E-state index contributed by atoms with van der Waals surface area (Å²) in [6.07, 6.45) is -3.57. The lowest BCUT2D eigenvalue weighted by Crippen LogP contribution is -2.22. The highest BCUT2D eigenvalue weighted by Gasteiger charge is 2.31. The number of aromatic nitrogens is 3. The number of ether oxygens (including phenoxy) is 4. The van der Waals surface area contributed by atoms with Crippen molar-refractivity contribution in [1.82, 2.24) is 14.8 Å². The minimum absolute atomic E-state index is 0.00771. The second-order valence-corrected chi connectivity index (χ2v) is 9.10. The molecule has 0 unspecified atom stereocenters. The molecule has 12 heteroatoms. The first-order valence-corrected chi connectivity index (χ1v) is 12.3. The van der Waals surface area contributed by atoms with E-state index in [0.717, 1.165) is 39.4 Å². The van der Waals surface area contributed by atoms with Gasteiger partial charge in [-0.25, -0.2) is 0 Å². The Balaban J connectivity index is 1.54. The standard InChI is InChI=1S/C28H25ClF3N3O5/c1-16-17(2)34-18(3)23(26(16)39-14-19-5-9-21(37-4)10-6-19)15-38-24-13-33-35(27(36)25(24)29)20-7-11-22(12-8-20)40-28(30,31)32/h5-13H,14-15H2,1-4H3. The van der Waals surface area contributed by atoms with E-state index in [-0.39, 0.29) is 23.1 Å². The van der Waals surface area contributed by atoms with Crippen molar-refractivity contribution in [3.63, 3.8) is 0 Å². The molecule has 0 radical (unpaired) electrons. The minimum Gasteiger partial charge on any atom is -0.497 e. The van der Waals surface area contributed by atoms with Crippen LogP contribution in [0.5, 0.6) is 23.0 Å². The first kappa shape index (κ1) is 28.8. The molecule has 4 aromatic rings. The van der Waals surface area contributed by atoms with E-state index in [9.17, 15) is 18.0 Å². The summed E-state index contributed by atoms with van der Waals surface area (Å²) in [6, 6.07) is 12.1. The lowest BCUT2D eigenvalue weighted by molar-refractivity contribution is -0.274. The first-order chi connectivity index (χ1) is 19.0. The fourth-order valence-electron chi connectivity index (χ4n) is 3.84. The summed E-state index contributed by atoms with van der Waals surface area (Å²) in [6.45, 7) is 5.90.